The summed E-state index contributed by atoms with van der Waals surface area (Å²) in [5.74, 6) is 0. The fraction of sp³-hybridized carbons (Fsp3) is 0. The molecule has 0 aliphatic heterocycles. The average Bonchev–Trinajstić information content (AvgIpc) is 3.12. The van der Waals surface area contributed by atoms with Gasteiger partial charge in [-0.1, -0.05) is 0 Å². The molecule has 0 heterocycles. The van der Waals surface area contributed by atoms with E-state index >= 15 is 0 Å². The monoisotopic (exact) mass is 1580 g/mol. The van der Waals surface area contributed by atoms with E-state index in [1.54, 1.807) is 0 Å². The molecule has 100 heavy (non-hydrogen) atoms. The topological polar surface area (TPSA) is 1390 Å². The van der Waals surface area contributed by atoms with Gasteiger partial charge in [-0.2, -0.15) is 0 Å². The van der Waals surface area contributed by atoms with Gasteiger partial charge in [0.15, 0.2) is 0 Å². The van der Waals surface area contributed by atoms with Gasteiger partial charge in [-0.25, -0.2) is 105 Å². The van der Waals surface area contributed by atoms with E-state index in [9.17, 15) is 0 Å². The molecule has 0 saturated heterocycles. The van der Waals surface area contributed by atoms with Crippen LogP contribution in [-0.4, -0.2) is 372 Å². The summed E-state index contributed by atoms with van der Waals surface area (Å²) < 4.78 is 0. The Labute approximate surface area is 622 Å². The molecule has 0 rings (SSSR count). The Balaban J connectivity index is -0.0000000208. The first-order chi connectivity index (χ1) is 41.6. The number of rotatable bonds is 0. The summed E-state index contributed by atoms with van der Waals surface area (Å²) >= 11 is 0. The van der Waals surface area contributed by atoms with Crippen LogP contribution < -0.4 is 139 Å². The van der Waals surface area contributed by atoms with Crippen molar-refractivity contribution in [2.75, 3.05) is 0 Å². The number of carboxylic acid groups (broad SMARTS) is 48. The van der Waals surface area contributed by atoms with Gasteiger partial charge in [-0.05, 0) is 12.3 Å². The molecular weight excluding hydrogens is 1530 g/mol. The molecule has 44 N–H and O–H groups in total. The van der Waals surface area contributed by atoms with Crippen LogP contribution in [0.4, 0.5) is 115 Å². The van der Waals surface area contributed by atoms with E-state index in [0.29, 0.717) is 0 Å². The molecule has 0 aliphatic rings. The fourth-order valence-corrected chi connectivity index (χ4v) is 0. The third-order valence-corrected chi connectivity index (χ3v) is 0. The van der Waals surface area contributed by atoms with Crippen LogP contribution in [0.1, 0.15) is 0 Å². The maximum absolute atomic E-state index is 8.56. The first kappa shape index (κ1) is 185. The van der Waals surface area contributed by atoms with Gasteiger partial charge < -0.3 is 255 Å². The van der Waals surface area contributed by atoms with E-state index in [1.165, 1.54) is 0 Å². The van der Waals surface area contributed by atoms with Crippen LogP contribution in [0.2, 0.25) is 0 Å². The molecule has 0 saturated carbocycles. The van der Waals surface area contributed by atoms with Gasteiger partial charge in [0, 0.05) is 0 Å². The average molecular weight is 1580 g/mol. The van der Waals surface area contributed by atoms with E-state index in [0.717, 1.165) is 0 Å². The molecule has 0 spiro atoms. The van der Waals surface area contributed by atoms with E-state index in [4.69, 9.17) is 360 Å². The number of carbonyl (C=O) groups excluding carboxylic acids is 2. The third kappa shape index (κ3) is 3220. The van der Waals surface area contributed by atoms with Gasteiger partial charge in [-0.15, -0.1) is 0 Å². The molecular formula is C24H44Na4O72. The maximum Gasteiger partial charge on any atom is 1.00 e. The first-order valence-corrected chi connectivity index (χ1v) is 15.6. The smallest absolute Gasteiger partial charge is 0.652 e. The Bertz CT molecular complexity index is 1310. The minimum absolute atomic E-state index is 0. The van der Waals surface area contributed by atoms with Crippen LogP contribution in [-0.2, 0) is 0 Å². The maximum atomic E-state index is 8.56. The molecule has 0 atom stereocenters. The molecule has 0 bridgehead atoms. The van der Waals surface area contributed by atoms with Gasteiger partial charge >= 0.3 is 254 Å². The number of hydrogen-bond acceptors (Lipinski definition) is 28. The van der Waals surface area contributed by atoms with Crippen LogP contribution in [0.15, 0.2) is 0 Å². The van der Waals surface area contributed by atoms with Crippen molar-refractivity contribution >= 4 is 148 Å². The van der Waals surface area contributed by atoms with Crippen molar-refractivity contribution in [1.82, 2.24) is 0 Å². The standard InChI is InChI=1S/24CH2O3.4Na/c24*2-1(3)4;;;;/h24*(H2,2,3,4);;;;/q;;;;;;;;;;;;;;;;;;;;;;;;4*+1/p-4. The van der Waals surface area contributed by atoms with Crippen molar-refractivity contribution in [2.45, 2.75) is 0 Å². The molecule has 76 heteroatoms. The van der Waals surface area contributed by atoms with Crippen LogP contribution in [0.25, 0.3) is 0 Å². The fourth-order valence-electron chi connectivity index (χ4n) is 0. The first-order valence-electron chi connectivity index (χ1n) is 15.6. The zero-order valence-electron chi connectivity index (χ0n) is 47.1. The van der Waals surface area contributed by atoms with Crippen molar-refractivity contribution in [3.63, 3.8) is 0 Å². The second-order valence-electron chi connectivity index (χ2n) is 6.72. The molecule has 0 amide bonds. The molecule has 0 aromatic carbocycles. The van der Waals surface area contributed by atoms with E-state index in [2.05, 4.69) is 0 Å². The van der Waals surface area contributed by atoms with E-state index < -0.39 is 148 Å². The van der Waals surface area contributed by atoms with Crippen molar-refractivity contribution in [3.8, 4) is 0 Å². The van der Waals surface area contributed by atoms with Crippen molar-refractivity contribution in [2.24, 2.45) is 0 Å². The zero-order valence-corrected chi connectivity index (χ0v) is 55.1. The minimum atomic E-state index is -2.33. The molecule has 0 unspecified atom stereocenters. The largest absolute Gasteiger partial charge is 1.00 e. The Morgan fingerprint density at radius 1 is 0.100 bits per heavy atom. The summed E-state index contributed by atoms with van der Waals surface area (Å²) in [7, 11) is 0. The summed E-state index contributed by atoms with van der Waals surface area (Å²) in [4.78, 5) is 205. The van der Waals surface area contributed by atoms with Crippen molar-refractivity contribution in [1.29, 1.82) is 0 Å². The van der Waals surface area contributed by atoms with Gasteiger partial charge in [0.25, 0.3) is 0 Å². The molecule has 0 radical (unpaired) electrons. The molecule has 576 valence electrons. The zero-order chi connectivity index (χ0) is 85.9. The predicted molar refractivity (Wildman–Crippen MR) is 245 cm³/mol. The van der Waals surface area contributed by atoms with Gasteiger partial charge in [-0.3, -0.25) is 0 Å². The normalized spacial score (nSPS) is 5.76. The van der Waals surface area contributed by atoms with Gasteiger partial charge in [0.05, 0.1) is 0 Å². The van der Waals surface area contributed by atoms with Crippen molar-refractivity contribution < 1.29 is 478 Å². The second kappa shape index (κ2) is 178. The Morgan fingerprint density at radius 3 is 0.100 bits per heavy atom. The summed E-state index contributed by atoms with van der Waals surface area (Å²) in [5, 5.41) is 340. The molecule has 0 aliphatic carbocycles. The summed E-state index contributed by atoms with van der Waals surface area (Å²) in [6, 6.07) is 0. The van der Waals surface area contributed by atoms with E-state index in [-0.39, 0.29) is 118 Å². The Hall–Kier alpha value is -13.5. The van der Waals surface area contributed by atoms with Gasteiger partial charge in [0.2, 0.25) is 0 Å². The van der Waals surface area contributed by atoms with E-state index in [1.807, 2.05) is 0 Å². The van der Waals surface area contributed by atoms with Crippen LogP contribution in [0.3, 0.4) is 0 Å². The van der Waals surface area contributed by atoms with Crippen LogP contribution in [0, 0.1) is 0 Å². The minimum Gasteiger partial charge on any atom is -0.652 e. The summed E-state index contributed by atoms with van der Waals surface area (Å²) in [5.41, 5.74) is 0. The predicted octanol–water partition coefficient (Wildman–Crippen LogP) is -12.0. The second-order valence-corrected chi connectivity index (χ2v) is 6.72. The van der Waals surface area contributed by atoms with Crippen LogP contribution in [0.5, 0.6) is 0 Å². The SMILES string of the molecule is O=C(O)O.O=C(O)O.O=C(O)O.O=C(O)O.O=C(O)O.O=C(O)O.O=C(O)O.O=C(O)O.O=C(O)O.O=C(O)O.O=C(O)O.O=C(O)O.O=C(O)O.O=C(O)O.O=C(O)O.O=C(O)O.O=C(O)O.O=C(O)O.O=C(O)O.O=C(O)O.O=C(O)O.O=C(O)O.O=C([O-])[O-].O=C([O-])[O-].[Na+].[Na+].[Na+].[Na+]. The molecule has 72 nitrogen and oxygen atoms in total. The number of hydrogen-bond donors (Lipinski definition) is 44. The number of carbonyl (C=O) groups is 24. The summed E-state index contributed by atoms with van der Waals surface area (Å²) in [6.45, 7) is 0. The third-order valence-electron chi connectivity index (χ3n) is 0. The Kier molecular flexibility index (Phi) is 330. The van der Waals surface area contributed by atoms with Crippen molar-refractivity contribution in [3.05, 3.63) is 0 Å². The van der Waals surface area contributed by atoms with Crippen LogP contribution >= 0.6 is 0 Å². The summed E-state index contributed by atoms with van der Waals surface area (Å²) in [6.07, 6.45) is -45.0. The quantitative estimate of drug-likeness (QED) is 0.100. The Morgan fingerprint density at radius 2 is 0.100 bits per heavy atom. The molecule has 0 aromatic rings. The van der Waals surface area contributed by atoms with Gasteiger partial charge in [0.1, 0.15) is 0 Å². The molecule has 0 fully saturated rings. The molecule has 0 aromatic heterocycles.